The van der Waals surface area contributed by atoms with Gasteiger partial charge in [-0.05, 0) is 16.8 Å². The summed E-state index contributed by atoms with van der Waals surface area (Å²) in [6.45, 7) is 0. The molecule has 4 nitrogen and oxygen atoms in total. The van der Waals surface area contributed by atoms with Crippen molar-refractivity contribution in [3.05, 3.63) is 158 Å². The van der Waals surface area contributed by atoms with Crippen LogP contribution in [0.5, 0.6) is 0 Å². The minimum atomic E-state index is 0.0983. The van der Waals surface area contributed by atoms with Crippen LogP contribution in [-0.4, -0.2) is 34.4 Å². The first-order chi connectivity index (χ1) is 23.2. The molecule has 9 aromatic rings. The minimum absolute atomic E-state index is 0.0983. The Morgan fingerprint density at radius 1 is 0.340 bits per heavy atom. The van der Waals surface area contributed by atoms with Crippen LogP contribution in [0.4, 0.5) is 0 Å². The summed E-state index contributed by atoms with van der Waals surface area (Å²) in [5, 5.41) is 4.87. The average Bonchev–Trinajstić information content (AvgIpc) is 3.60. The van der Waals surface area contributed by atoms with E-state index in [0.717, 1.165) is 32.3 Å². The monoisotopic (exact) mass is 666 g/mol. The molecular formula is C42H26N4Se. The second kappa shape index (κ2) is 11.6. The molecule has 2 heterocycles. The summed E-state index contributed by atoms with van der Waals surface area (Å²) in [7, 11) is 0. The molecule has 0 saturated carbocycles. The van der Waals surface area contributed by atoms with Crippen molar-refractivity contribution in [2.24, 2.45) is 0 Å². The number of fused-ring (bicyclic) bond motifs is 4. The zero-order valence-corrected chi connectivity index (χ0v) is 26.9. The molecule has 220 valence electrons. The van der Waals surface area contributed by atoms with Gasteiger partial charge in [0.2, 0.25) is 0 Å². The van der Waals surface area contributed by atoms with Gasteiger partial charge in [0.15, 0.2) is 0 Å². The summed E-state index contributed by atoms with van der Waals surface area (Å²) in [4.78, 5) is 20.1. The average molecular weight is 666 g/mol. The predicted octanol–water partition coefficient (Wildman–Crippen LogP) is 10.1. The topological polar surface area (TPSA) is 51.6 Å². The second-order valence-electron chi connectivity index (χ2n) is 11.5. The molecular weight excluding hydrogens is 639 g/mol. The molecule has 0 saturated heterocycles. The third-order valence-corrected chi connectivity index (χ3v) is 11.0. The molecule has 9 rings (SSSR count). The summed E-state index contributed by atoms with van der Waals surface area (Å²) in [6.07, 6.45) is 0. The number of benzene rings is 7. The van der Waals surface area contributed by atoms with E-state index in [-0.39, 0.29) is 14.5 Å². The van der Waals surface area contributed by atoms with Crippen molar-refractivity contribution in [1.82, 2.24) is 19.9 Å². The van der Waals surface area contributed by atoms with Crippen LogP contribution in [0, 0.1) is 0 Å². The Morgan fingerprint density at radius 2 is 0.872 bits per heavy atom. The summed E-state index contributed by atoms with van der Waals surface area (Å²) in [5.41, 5.74) is 7.44. The van der Waals surface area contributed by atoms with Gasteiger partial charge >= 0.3 is 226 Å². The third-order valence-electron chi connectivity index (χ3n) is 8.54. The Morgan fingerprint density at radius 3 is 1.62 bits per heavy atom. The van der Waals surface area contributed by atoms with Gasteiger partial charge in [0.05, 0.1) is 0 Å². The summed E-state index contributed by atoms with van der Waals surface area (Å²) in [5.74, 6) is 1.96. The third kappa shape index (κ3) is 5.22. The fourth-order valence-corrected chi connectivity index (χ4v) is 8.38. The van der Waals surface area contributed by atoms with Crippen LogP contribution in [0.25, 0.3) is 86.7 Å². The molecule has 0 spiro atoms. The zero-order chi connectivity index (χ0) is 31.2. The van der Waals surface area contributed by atoms with Crippen molar-refractivity contribution < 1.29 is 0 Å². The predicted molar refractivity (Wildman–Crippen MR) is 194 cm³/mol. The van der Waals surface area contributed by atoms with Gasteiger partial charge < -0.3 is 0 Å². The molecule has 0 N–H and O–H groups in total. The van der Waals surface area contributed by atoms with Crippen molar-refractivity contribution in [3.8, 4) is 55.4 Å². The van der Waals surface area contributed by atoms with E-state index < -0.39 is 0 Å². The number of hydrogen-bond acceptors (Lipinski definition) is 4. The van der Waals surface area contributed by atoms with Crippen molar-refractivity contribution in [2.45, 2.75) is 0 Å². The molecule has 0 unspecified atom stereocenters. The van der Waals surface area contributed by atoms with Gasteiger partial charge in [-0.2, -0.15) is 0 Å². The van der Waals surface area contributed by atoms with E-state index in [1.165, 1.54) is 36.9 Å². The van der Waals surface area contributed by atoms with Crippen LogP contribution in [0.1, 0.15) is 0 Å². The molecule has 7 aromatic carbocycles. The maximum atomic E-state index is 5.06. The summed E-state index contributed by atoms with van der Waals surface area (Å²) < 4.78 is 2.46. The molecule has 0 fully saturated rings. The van der Waals surface area contributed by atoms with Gasteiger partial charge in [0, 0.05) is 0 Å². The molecule has 0 radical (unpaired) electrons. The molecule has 0 aliphatic heterocycles. The molecule has 0 aliphatic carbocycles. The summed E-state index contributed by atoms with van der Waals surface area (Å²) in [6, 6.07) is 55.0. The molecule has 0 bridgehead atoms. The van der Waals surface area contributed by atoms with Gasteiger partial charge in [0.1, 0.15) is 0 Å². The van der Waals surface area contributed by atoms with Gasteiger partial charge in [0.25, 0.3) is 0 Å². The number of nitrogens with zero attached hydrogens (tertiary/aromatic N) is 4. The molecule has 2 aromatic heterocycles. The molecule has 47 heavy (non-hydrogen) atoms. The summed E-state index contributed by atoms with van der Waals surface area (Å²) >= 11 is 0.0983. The molecule has 5 heteroatoms. The van der Waals surface area contributed by atoms with Gasteiger partial charge in [-0.25, -0.2) is 0 Å². The Bertz CT molecular complexity index is 2560. The number of aromatic nitrogens is 4. The van der Waals surface area contributed by atoms with Crippen LogP contribution in [-0.2, 0) is 0 Å². The molecule has 0 amide bonds. The van der Waals surface area contributed by atoms with E-state index in [1.807, 2.05) is 36.4 Å². The first-order valence-corrected chi connectivity index (χ1v) is 17.3. The Labute approximate surface area is 277 Å². The Balaban J connectivity index is 1.15. The van der Waals surface area contributed by atoms with E-state index in [1.54, 1.807) is 0 Å². The number of hydrogen-bond donors (Lipinski definition) is 0. The quantitative estimate of drug-likeness (QED) is 0.172. The van der Waals surface area contributed by atoms with Gasteiger partial charge in [-0.15, -0.1) is 0 Å². The van der Waals surface area contributed by atoms with Gasteiger partial charge in [-0.1, -0.05) is 36.4 Å². The van der Waals surface area contributed by atoms with Crippen LogP contribution < -0.4 is 0 Å². The van der Waals surface area contributed by atoms with E-state index in [4.69, 9.17) is 19.9 Å². The van der Waals surface area contributed by atoms with Crippen LogP contribution in [0.15, 0.2) is 158 Å². The Kier molecular flexibility index (Phi) is 6.78. The van der Waals surface area contributed by atoms with E-state index in [2.05, 4.69) is 121 Å². The fraction of sp³-hybridized carbons (Fsp3) is 0. The van der Waals surface area contributed by atoms with E-state index in [9.17, 15) is 0 Å². The van der Waals surface area contributed by atoms with Crippen LogP contribution >= 0.6 is 0 Å². The molecule has 0 atom stereocenters. The normalized spacial score (nSPS) is 11.4. The van der Waals surface area contributed by atoms with Crippen molar-refractivity contribution in [1.29, 1.82) is 0 Å². The maximum absolute atomic E-state index is 5.06. The van der Waals surface area contributed by atoms with E-state index >= 15 is 0 Å². The van der Waals surface area contributed by atoms with E-state index in [0.29, 0.717) is 17.5 Å². The SMILES string of the molecule is c1ccc(-c2nc(-c3ccc(-c4ccc5ccccc5c4)cc3)nc(-c3ccc4ccc5nc(-c6ccccc6)[se]c5c4c3)n2)cc1. The van der Waals surface area contributed by atoms with Crippen molar-refractivity contribution in [2.75, 3.05) is 0 Å². The Hall–Kier alpha value is -5.74. The molecule has 0 aliphatic rings. The van der Waals surface area contributed by atoms with Gasteiger partial charge in [-0.3, -0.25) is 0 Å². The first-order valence-electron chi connectivity index (χ1n) is 15.6. The van der Waals surface area contributed by atoms with Crippen molar-refractivity contribution in [3.63, 3.8) is 0 Å². The first kappa shape index (κ1) is 27.6. The standard InChI is InChI=1S/C42H26N4Se/c1-3-10-30(11-4-1)39-44-40(31-19-15-28(16-20-31)34-21-17-27-9-7-8-14-33(27)25-34)46-41(45-39)35-22-18-29-23-24-37-38(36(29)26-35)47-42(43-37)32-12-5-2-6-13-32/h1-26H. The number of rotatable bonds is 5. The second-order valence-corrected chi connectivity index (χ2v) is 13.6. The zero-order valence-electron chi connectivity index (χ0n) is 25.2. The van der Waals surface area contributed by atoms with Crippen molar-refractivity contribution >= 4 is 45.8 Å². The van der Waals surface area contributed by atoms with Crippen LogP contribution in [0.2, 0.25) is 0 Å². The fourth-order valence-electron chi connectivity index (χ4n) is 6.08. The van der Waals surface area contributed by atoms with Crippen LogP contribution in [0.3, 0.4) is 0 Å².